The number of aromatic nitrogens is 6. The van der Waals surface area contributed by atoms with Crippen LogP contribution in [0.1, 0.15) is 54.3 Å². The number of benzene rings is 1. The first-order valence-corrected chi connectivity index (χ1v) is 17.2. The molecule has 0 spiro atoms. The molecule has 51 heavy (non-hydrogen) atoms. The van der Waals surface area contributed by atoms with E-state index < -0.39 is 23.2 Å². The van der Waals surface area contributed by atoms with Gasteiger partial charge in [0, 0.05) is 58.1 Å². The summed E-state index contributed by atoms with van der Waals surface area (Å²) in [5.74, 6) is -0.549. The molecular weight excluding hydrogens is 695 g/mol. The summed E-state index contributed by atoms with van der Waals surface area (Å²) in [7, 11) is 0. The van der Waals surface area contributed by atoms with Crippen molar-refractivity contribution in [2.45, 2.75) is 57.9 Å². The Kier molecular flexibility index (Phi) is 9.07. The molecule has 3 N–H and O–H groups in total. The second-order valence-corrected chi connectivity index (χ2v) is 13.4. The number of anilines is 3. The number of carbonyl (C=O) groups is 2. The number of H-pyrrole nitrogens is 1. The Hall–Kier alpha value is -4.84. The molecule has 1 aliphatic carbocycles. The largest absolute Gasteiger partial charge is 0.416 e. The summed E-state index contributed by atoms with van der Waals surface area (Å²) in [6.07, 6.45) is -1.07. The van der Waals surface area contributed by atoms with Crippen LogP contribution >= 0.6 is 11.6 Å². The van der Waals surface area contributed by atoms with Gasteiger partial charge in [0.05, 0.1) is 28.0 Å². The summed E-state index contributed by atoms with van der Waals surface area (Å²) in [5, 5.41) is 13.1. The lowest BCUT2D eigenvalue weighted by Crippen LogP contribution is -2.56. The third kappa shape index (κ3) is 6.57. The standard InChI is InChI=1S/C32H37ClF3N11O4/c1-3-24-26(43-12-13-44(18(2)16-43)27(49)21-15-38-46(28(21)50)20-5-6-20)29(51)47-31(40-30(41-47)42-10-8-37-9-11-42)45(24)17-25(48)39-23-7-4-19(14-22(23)33)32(34,35)36/h4,7,14-15,18,20,37-38H,3,5-6,8-13,16-17H2,1-2H3,(H,39,48)/t18-/m1/s1. The third-order valence-corrected chi connectivity index (χ3v) is 9.88. The van der Waals surface area contributed by atoms with Gasteiger partial charge in [0.2, 0.25) is 17.6 Å². The fraction of sp³-hybridized carbons (Fsp3) is 0.500. The monoisotopic (exact) mass is 731 g/mol. The Balaban J connectivity index is 1.22. The first-order valence-electron chi connectivity index (χ1n) is 16.9. The zero-order chi connectivity index (χ0) is 36.2. The van der Waals surface area contributed by atoms with Crippen LogP contribution in [0.25, 0.3) is 5.78 Å². The van der Waals surface area contributed by atoms with Crippen LogP contribution in [0.4, 0.5) is 30.5 Å². The molecule has 1 aromatic carbocycles. The zero-order valence-corrected chi connectivity index (χ0v) is 28.7. The van der Waals surface area contributed by atoms with Crippen molar-refractivity contribution in [3.05, 3.63) is 66.9 Å². The maximum absolute atomic E-state index is 14.3. The van der Waals surface area contributed by atoms with Gasteiger partial charge in [-0.05, 0) is 44.4 Å². The van der Waals surface area contributed by atoms with Crippen LogP contribution in [0.15, 0.2) is 34.0 Å². The number of piperazine rings is 2. The minimum atomic E-state index is -4.61. The van der Waals surface area contributed by atoms with Crippen molar-refractivity contribution >= 4 is 46.5 Å². The van der Waals surface area contributed by atoms with Crippen LogP contribution < -0.4 is 31.6 Å². The Morgan fingerprint density at radius 1 is 1.06 bits per heavy atom. The number of carbonyl (C=O) groups excluding carboxylic acids is 2. The molecule has 3 aromatic heterocycles. The Morgan fingerprint density at radius 3 is 2.45 bits per heavy atom. The molecule has 2 aliphatic heterocycles. The summed E-state index contributed by atoms with van der Waals surface area (Å²) in [6, 6.07) is 2.37. The highest BCUT2D eigenvalue weighted by atomic mass is 35.5. The third-order valence-electron chi connectivity index (χ3n) is 9.57. The van der Waals surface area contributed by atoms with Crippen LogP contribution in [0.5, 0.6) is 0 Å². The fourth-order valence-electron chi connectivity index (χ4n) is 6.80. The average molecular weight is 732 g/mol. The number of halogens is 4. The number of nitrogens with one attached hydrogen (secondary N) is 3. The molecule has 15 nitrogen and oxygen atoms in total. The van der Waals surface area contributed by atoms with E-state index >= 15 is 0 Å². The molecule has 2 amide bonds. The van der Waals surface area contributed by atoms with Crippen LogP contribution in [0.3, 0.4) is 0 Å². The molecule has 1 saturated carbocycles. The summed E-state index contributed by atoms with van der Waals surface area (Å²) in [6.45, 7) is 6.67. The first-order chi connectivity index (χ1) is 24.3. The molecule has 0 unspecified atom stereocenters. The Labute approximate surface area is 293 Å². The van der Waals surface area contributed by atoms with Gasteiger partial charge in [0.1, 0.15) is 17.8 Å². The Morgan fingerprint density at radius 2 is 1.80 bits per heavy atom. The Bertz CT molecular complexity index is 2110. The lowest BCUT2D eigenvalue weighted by molar-refractivity contribution is -0.137. The van der Waals surface area contributed by atoms with Gasteiger partial charge in [-0.1, -0.05) is 18.5 Å². The fourth-order valence-corrected chi connectivity index (χ4v) is 7.03. The van der Waals surface area contributed by atoms with Crippen LogP contribution in [0, 0.1) is 0 Å². The predicted octanol–water partition coefficient (Wildman–Crippen LogP) is 2.35. The van der Waals surface area contributed by atoms with Gasteiger partial charge in [0.25, 0.3) is 17.0 Å². The van der Waals surface area contributed by atoms with Crippen molar-refractivity contribution in [3.63, 3.8) is 0 Å². The van der Waals surface area contributed by atoms with Gasteiger partial charge in [0.15, 0.2) is 0 Å². The van der Waals surface area contributed by atoms with E-state index in [0.717, 1.165) is 31.0 Å². The molecule has 5 heterocycles. The number of fused-ring (bicyclic) bond motifs is 1. The highest BCUT2D eigenvalue weighted by molar-refractivity contribution is 6.33. The predicted molar refractivity (Wildman–Crippen MR) is 183 cm³/mol. The first kappa shape index (κ1) is 34.6. The van der Waals surface area contributed by atoms with Crippen molar-refractivity contribution in [1.29, 1.82) is 0 Å². The van der Waals surface area contributed by atoms with Gasteiger partial charge in [-0.25, -0.2) is 4.68 Å². The molecule has 4 aromatic rings. The average Bonchev–Trinajstić information content (AvgIpc) is 3.71. The summed E-state index contributed by atoms with van der Waals surface area (Å²) in [4.78, 5) is 64.4. The van der Waals surface area contributed by atoms with E-state index in [4.69, 9.17) is 16.6 Å². The van der Waals surface area contributed by atoms with Gasteiger partial charge in [-0.2, -0.15) is 22.7 Å². The highest BCUT2D eigenvalue weighted by Gasteiger charge is 2.36. The van der Waals surface area contributed by atoms with E-state index in [9.17, 15) is 32.3 Å². The topological polar surface area (TPSA) is 158 Å². The maximum atomic E-state index is 14.3. The molecule has 2 saturated heterocycles. The van der Waals surface area contributed by atoms with Crippen molar-refractivity contribution in [2.75, 3.05) is 60.9 Å². The minimum absolute atomic E-state index is 0.00565. The molecule has 19 heteroatoms. The van der Waals surface area contributed by atoms with E-state index in [2.05, 4.69) is 20.8 Å². The summed E-state index contributed by atoms with van der Waals surface area (Å²) in [5.41, 5.74) is -0.890. The summed E-state index contributed by atoms with van der Waals surface area (Å²) < 4.78 is 43.9. The van der Waals surface area contributed by atoms with Crippen molar-refractivity contribution in [1.82, 2.24) is 39.2 Å². The lowest BCUT2D eigenvalue weighted by atomic mass is 10.1. The lowest BCUT2D eigenvalue weighted by Gasteiger charge is -2.41. The molecule has 3 aliphatic rings. The quantitative estimate of drug-likeness (QED) is 0.248. The minimum Gasteiger partial charge on any atom is -0.362 e. The number of hydrogen-bond donors (Lipinski definition) is 3. The van der Waals surface area contributed by atoms with Crippen molar-refractivity contribution in [3.8, 4) is 0 Å². The van der Waals surface area contributed by atoms with Crippen molar-refractivity contribution < 1.29 is 22.8 Å². The maximum Gasteiger partial charge on any atom is 0.416 e. The number of rotatable bonds is 8. The van der Waals surface area contributed by atoms with Crippen molar-refractivity contribution in [2.24, 2.45) is 0 Å². The van der Waals surface area contributed by atoms with Crippen LogP contribution in [0.2, 0.25) is 5.02 Å². The zero-order valence-electron chi connectivity index (χ0n) is 28.0. The SMILES string of the molecule is CCc1c(N2CCN(C(=O)c3c[nH]n(C4CC4)c3=O)[C@H](C)C2)c(=O)n2nc(N3CCNCC3)nc2n1CC(=O)Nc1ccc(C(F)(F)F)cc1Cl. The van der Waals surface area contributed by atoms with Gasteiger partial charge >= 0.3 is 6.18 Å². The van der Waals surface area contributed by atoms with Gasteiger partial charge in [-0.15, -0.1) is 5.10 Å². The number of alkyl halides is 3. The molecule has 1 atom stereocenters. The molecule has 0 bridgehead atoms. The van der Waals surface area contributed by atoms with E-state index in [0.29, 0.717) is 49.9 Å². The molecule has 0 radical (unpaired) electrons. The highest BCUT2D eigenvalue weighted by Crippen LogP contribution is 2.34. The van der Waals surface area contributed by atoms with E-state index in [1.54, 1.807) is 9.47 Å². The number of hydrogen-bond acceptors (Lipinski definition) is 9. The molecule has 3 fully saturated rings. The second-order valence-electron chi connectivity index (χ2n) is 13.0. The number of nitrogens with zero attached hydrogens (tertiary/aromatic N) is 8. The number of amides is 2. The number of aromatic amines is 1. The molecular formula is C32H37ClF3N11O4. The summed E-state index contributed by atoms with van der Waals surface area (Å²) >= 11 is 6.13. The normalized spacial score (nSPS) is 18.5. The molecule has 272 valence electrons. The van der Waals surface area contributed by atoms with E-state index in [1.807, 2.05) is 23.6 Å². The van der Waals surface area contributed by atoms with Crippen LogP contribution in [-0.2, 0) is 23.9 Å². The smallest absolute Gasteiger partial charge is 0.362 e. The van der Waals surface area contributed by atoms with E-state index in [1.165, 1.54) is 15.4 Å². The van der Waals surface area contributed by atoms with Gasteiger partial charge < -0.3 is 35.0 Å². The van der Waals surface area contributed by atoms with E-state index in [-0.39, 0.29) is 71.8 Å². The van der Waals surface area contributed by atoms with Gasteiger partial charge in [-0.3, -0.25) is 19.2 Å². The second kappa shape index (κ2) is 13.4. The van der Waals surface area contributed by atoms with Crippen LogP contribution in [-0.4, -0.2) is 97.5 Å². The molecule has 7 rings (SSSR count).